The predicted molar refractivity (Wildman–Crippen MR) is 89.0 cm³/mol. The molecule has 1 heterocycles. The Hall–Kier alpha value is -1.05. The molecular weight excluding hydrogens is 324 g/mol. The van der Waals surface area contributed by atoms with Crippen molar-refractivity contribution in [2.45, 2.75) is 22.5 Å². The molecule has 0 spiro atoms. The zero-order valence-corrected chi connectivity index (χ0v) is 14.3. The molecule has 1 aromatic carbocycles. The third-order valence-corrected chi connectivity index (χ3v) is 5.52. The number of Topliss-reactive ketones (excluding diaryl/α,β-unsaturated/α-hetero) is 1. The number of carbonyl (C=O) groups is 1. The van der Waals surface area contributed by atoms with E-state index in [0.29, 0.717) is 17.9 Å². The van der Waals surface area contributed by atoms with Gasteiger partial charge < -0.3 is 4.74 Å². The number of ether oxygens (including phenoxy) is 1. The summed E-state index contributed by atoms with van der Waals surface area (Å²) in [6.45, 7) is 4.18. The van der Waals surface area contributed by atoms with Crippen LogP contribution in [0, 0.1) is 0 Å². The molecule has 0 bridgehead atoms. The van der Waals surface area contributed by atoms with Crippen LogP contribution >= 0.6 is 34.9 Å². The topological polar surface area (TPSA) is 52.1 Å². The van der Waals surface area contributed by atoms with Crippen molar-refractivity contribution in [3.63, 3.8) is 0 Å². The van der Waals surface area contributed by atoms with E-state index in [2.05, 4.69) is 17.1 Å². The normalized spacial score (nSPS) is 10.6. The maximum Gasteiger partial charge on any atom is 0.175 e. The van der Waals surface area contributed by atoms with Gasteiger partial charge in [-0.1, -0.05) is 53.9 Å². The van der Waals surface area contributed by atoms with Gasteiger partial charge in [-0.05, 0) is 24.8 Å². The second-order valence-corrected chi connectivity index (χ2v) is 7.85. The lowest BCUT2D eigenvalue weighted by Gasteiger charge is -2.08. The second kappa shape index (κ2) is 8.41. The van der Waals surface area contributed by atoms with E-state index in [1.165, 1.54) is 0 Å². The zero-order chi connectivity index (χ0) is 15.1. The largest absolute Gasteiger partial charge is 0.492 e. The summed E-state index contributed by atoms with van der Waals surface area (Å²) >= 11 is 4.93. The van der Waals surface area contributed by atoms with E-state index in [1.807, 2.05) is 18.2 Å². The van der Waals surface area contributed by atoms with Crippen LogP contribution in [-0.2, 0) is 0 Å². The Labute approximate surface area is 136 Å². The van der Waals surface area contributed by atoms with Gasteiger partial charge in [0.1, 0.15) is 5.75 Å². The van der Waals surface area contributed by atoms with Crippen LogP contribution in [0.25, 0.3) is 0 Å². The maximum absolute atomic E-state index is 11.5. The highest BCUT2D eigenvalue weighted by Gasteiger charge is 2.08. The van der Waals surface area contributed by atoms with E-state index in [0.717, 1.165) is 20.2 Å². The van der Waals surface area contributed by atoms with E-state index in [1.54, 1.807) is 47.9 Å². The molecule has 0 amide bonds. The Morgan fingerprint density at radius 2 is 1.95 bits per heavy atom. The number of thioether (sulfide) groups is 2. The van der Waals surface area contributed by atoms with Crippen LogP contribution in [0.5, 0.6) is 5.75 Å². The first kappa shape index (κ1) is 16.3. The highest BCUT2D eigenvalue weighted by molar-refractivity contribution is 8.03. The first-order valence-electron chi connectivity index (χ1n) is 6.52. The summed E-state index contributed by atoms with van der Waals surface area (Å²) in [5, 5.41) is 8.23. The molecule has 1 aromatic heterocycles. The third kappa shape index (κ3) is 5.01. The standard InChI is InChI=1S/C14H16N2O2S3/c1-3-19-13-15-16-14(21-13)20-9-8-18-12-7-5-4-6-11(12)10(2)17/h4-7H,3,8-9H2,1-2H3. The number of hydrogen-bond donors (Lipinski definition) is 0. The SMILES string of the molecule is CCSc1nnc(SCCOc2ccccc2C(C)=O)s1. The molecule has 2 rings (SSSR count). The van der Waals surface area contributed by atoms with Crippen molar-refractivity contribution >= 4 is 40.6 Å². The number of nitrogens with zero attached hydrogens (tertiary/aromatic N) is 2. The third-order valence-electron chi connectivity index (χ3n) is 2.49. The van der Waals surface area contributed by atoms with Crippen molar-refractivity contribution in [3.05, 3.63) is 29.8 Å². The van der Waals surface area contributed by atoms with Crippen LogP contribution in [-0.4, -0.2) is 34.1 Å². The van der Waals surface area contributed by atoms with Crippen molar-refractivity contribution in [2.75, 3.05) is 18.1 Å². The van der Waals surface area contributed by atoms with Crippen LogP contribution in [0.15, 0.2) is 32.9 Å². The van der Waals surface area contributed by atoms with Gasteiger partial charge in [0.15, 0.2) is 14.5 Å². The molecule has 112 valence electrons. The van der Waals surface area contributed by atoms with Crippen molar-refractivity contribution in [1.82, 2.24) is 10.2 Å². The Morgan fingerprint density at radius 1 is 1.24 bits per heavy atom. The van der Waals surface area contributed by atoms with Gasteiger partial charge in [-0.2, -0.15) is 0 Å². The number of aromatic nitrogens is 2. The zero-order valence-electron chi connectivity index (χ0n) is 11.9. The number of ketones is 1. The fourth-order valence-corrected chi connectivity index (χ4v) is 4.41. The molecule has 2 aromatic rings. The molecule has 0 aliphatic carbocycles. The van der Waals surface area contributed by atoms with Crippen LogP contribution in [0.4, 0.5) is 0 Å². The molecule has 0 saturated heterocycles. The van der Waals surface area contributed by atoms with Gasteiger partial charge >= 0.3 is 0 Å². The van der Waals surface area contributed by atoms with Crippen LogP contribution in [0.3, 0.4) is 0 Å². The van der Waals surface area contributed by atoms with E-state index in [9.17, 15) is 4.79 Å². The molecule has 0 radical (unpaired) electrons. The molecule has 7 heteroatoms. The summed E-state index contributed by atoms with van der Waals surface area (Å²) in [6, 6.07) is 7.31. The maximum atomic E-state index is 11.5. The van der Waals surface area contributed by atoms with Crippen LogP contribution in [0.2, 0.25) is 0 Å². The molecule has 0 saturated carbocycles. The predicted octanol–water partition coefficient (Wildman–Crippen LogP) is 4.02. The molecule has 0 aliphatic heterocycles. The van der Waals surface area contributed by atoms with Gasteiger partial charge in [0, 0.05) is 5.75 Å². The van der Waals surface area contributed by atoms with Crippen molar-refractivity contribution < 1.29 is 9.53 Å². The Morgan fingerprint density at radius 3 is 2.67 bits per heavy atom. The summed E-state index contributed by atoms with van der Waals surface area (Å²) in [7, 11) is 0. The number of benzene rings is 1. The number of para-hydroxylation sites is 1. The van der Waals surface area contributed by atoms with E-state index < -0.39 is 0 Å². The molecule has 0 fully saturated rings. The Balaban J connectivity index is 1.80. The molecule has 0 atom stereocenters. The second-order valence-electron chi connectivity index (χ2n) is 4.02. The molecular formula is C14H16N2O2S3. The van der Waals surface area contributed by atoms with Crippen LogP contribution < -0.4 is 4.74 Å². The van der Waals surface area contributed by atoms with Gasteiger partial charge in [-0.25, -0.2) is 0 Å². The molecule has 0 unspecified atom stereocenters. The molecule has 0 aliphatic rings. The van der Waals surface area contributed by atoms with Crippen LogP contribution in [0.1, 0.15) is 24.2 Å². The van der Waals surface area contributed by atoms with Crippen molar-refractivity contribution in [1.29, 1.82) is 0 Å². The van der Waals surface area contributed by atoms with Crippen molar-refractivity contribution in [3.8, 4) is 5.75 Å². The smallest absolute Gasteiger partial charge is 0.175 e. The van der Waals surface area contributed by atoms with E-state index in [4.69, 9.17) is 4.74 Å². The van der Waals surface area contributed by atoms with E-state index in [-0.39, 0.29) is 5.78 Å². The lowest BCUT2D eigenvalue weighted by Crippen LogP contribution is -2.04. The summed E-state index contributed by atoms with van der Waals surface area (Å²) in [6.07, 6.45) is 0. The fraction of sp³-hybridized carbons (Fsp3) is 0.357. The average Bonchev–Trinajstić information content (AvgIpc) is 2.92. The van der Waals surface area contributed by atoms with Gasteiger partial charge in [0.05, 0.1) is 12.2 Å². The first-order chi connectivity index (χ1) is 10.2. The van der Waals surface area contributed by atoms with Gasteiger partial charge in [-0.15, -0.1) is 10.2 Å². The molecule has 0 N–H and O–H groups in total. The summed E-state index contributed by atoms with van der Waals surface area (Å²) in [5.41, 5.74) is 0.625. The number of rotatable bonds is 8. The quantitative estimate of drug-likeness (QED) is 0.411. The van der Waals surface area contributed by atoms with Gasteiger partial charge in [0.2, 0.25) is 0 Å². The summed E-state index contributed by atoms with van der Waals surface area (Å²) in [4.78, 5) is 11.5. The Kier molecular flexibility index (Phi) is 6.53. The fourth-order valence-electron chi connectivity index (χ4n) is 1.60. The first-order valence-corrected chi connectivity index (χ1v) is 9.31. The highest BCUT2D eigenvalue weighted by atomic mass is 32.2. The van der Waals surface area contributed by atoms with E-state index >= 15 is 0 Å². The Bertz CT molecular complexity index is 601. The summed E-state index contributed by atoms with van der Waals surface area (Å²) < 4.78 is 7.64. The minimum Gasteiger partial charge on any atom is -0.492 e. The lowest BCUT2D eigenvalue weighted by molar-refractivity contribution is 0.101. The average molecular weight is 340 g/mol. The minimum absolute atomic E-state index is 0.0172. The number of hydrogen-bond acceptors (Lipinski definition) is 7. The number of carbonyl (C=O) groups excluding carboxylic acids is 1. The highest BCUT2D eigenvalue weighted by Crippen LogP contribution is 2.28. The minimum atomic E-state index is 0.0172. The van der Waals surface area contributed by atoms with Crippen molar-refractivity contribution in [2.24, 2.45) is 0 Å². The van der Waals surface area contributed by atoms with Gasteiger partial charge in [0.25, 0.3) is 0 Å². The molecule has 21 heavy (non-hydrogen) atoms. The molecule has 4 nitrogen and oxygen atoms in total. The van der Waals surface area contributed by atoms with Gasteiger partial charge in [-0.3, -0.25) is 4.79 Å². The summed E-state index contributed by atoms with van der Waals surface area (Å²) in [5.74, 6) is 2.44. The monoisotopic (exact) mass is 340 g/mol. The lowest BCUT2D eigenvalue weighted by atomic mass is 10.1.